The van der Waals surface area contributed by atoms with E-state index < -0.39 is 0 Å². The van der Waals surface area contributed by atoms with Gasteiger partial charge >= 0.3 is 0 Å². The number of aromatic nitrogens is 2. The molecule has 0 radical (unpaired) electrons. The van der Waals surface area contributed by atoms with E-state index >= 15 is 0 Å². The summed E-state index contributed by atoms with van der Waals surface area (Å²) in [6, 6.07) is 13.8. The smallest absolute Gasteiger partial charge is 0.224 e. The second kappa shape index (κ2) is 8.98. The Bertz CT molecular complexity index is 985. The maximum Gasteiger partial charge on any atom is 0.224 e. The van der Waals surface area contributed by atoms with E-state index in [2.05, 4.69) is 20.2 Å². The summed E-state index contributed by atoms with van der Waals surface area (Å²) in [6.45, 7) is 6.35. The van der Waals surface area contributed by atoms with Crippen LogP contribution in [0, 0.1) is 0 Å². The van der Waals surface area contributed by atoms with Crippen molar-refractivity contribution in [3.05, 3.63) is 48.8 Å². The monoisotopic (exact) mass is 392 g/mol. The van der Waals surface area contributed by atoms with E-state index in [1.165, 1.54) is 13.3 Å². The molecule has 1 fully saturated rings. The molecule has 7 nitrogen and oxygen atoms in total. The highest BCUT2D eigenvalue weighted by Gasteiger charge is 2.12. The Balaban J connectivity index is 1.51. The maximum absolute atomic E-state index is 11.2. The van der Waals surface area contributed by atoms with Crippen LogP contribution in [0.15, 0.2) is 48.8 Å². The molecule has 1 N–H and O–H groups in total. The van der Waals surface area contributed by atoms with Crippen LogP contribution in [0.25, 0.3) is 22.0 Å². The summed E-state index contributed by atoms with van der Waals surface area (Å²) in [5.41, 5.74) is 3.71. The summed E-state index contributed by atoms with van der Waals surface area (Å²) < 4.78 is 11.4. The predicted molar refractivity (Wildman–Crippen MR) is 112 cm³/mol. The average molecular weight is 392 g/mol. The number of carbonyl (C=O) groups is 1. The SMILES string of the molecule is CC(=O)Nc1ccc(-c2ccc3ncnc(OCCN4CCOCC4)c3c2)cc1. The summed E-state index contributed by atoms with van der Waals surface area (Å²) in [6.07, 6.45) is 1.54. The molecule has 1 aliphatic heterocycles. The zero-order valence-corrected chi connectivity index (χ0v) is 16.4. The molecule has 0 aliphatic carbocycles. The summed E-state index contributed by atoms with van der Waals surface area (Å²) in [5.74, 6) is 0.513. The molecule has 0 unspecified atom stereocenters. The van der Waals surface area contributed by atoms with Crippen molar-refractivity contribution >= 4 is 22.5 Å². The molecule has 1 aromatic heterocycles. The number of hydrogen-bond acceptors (Lipinski definition) is 6. The highest BCUT2D eigenvalue weighted by Crippen LogP contribution is 2.28. The van der Waals surface area contributed by atoms with Gasteiger partial charge in [-0.15, -0.1) is 0 Å². The van der Waals surface area contributed by atoms with Gasteiger partial charge in [-0.25, -0.2) is 9.97 Å². The van der Waals surface area contributed by atoms with Crippen LogP contribution >= 0.6 is 0 Å². The molecule has 2 aromatic carbocycles. The topological polar surface area (TPSA) is 76.6 Å². The first-order chi connectivity index (χ1) is 14.2. The highest BCUT2D eigenvalue weighted by atomic mass is 16.5. The zero-order chi connectivity index (χ0) is 20.1. The molecule has 0 bridgehead atoms. The second-order valence-electron chi connectivity index (χ2n) is 6.97. The van der Waals surface area contributed by atoms with Crippen molar-refractivity contribution in [2.24, 2.45) is 0 Å². The minimum atomic E-state index is -0.0838. The Morgan fingerprint density at radius 1 is 1.10 bits per heavy atom. The van der Waals surface area contributed by atoms with Gasteiger partial charge in [-0.1, -0.05) is 18.2 Å². The van der Waals surface area contributed by atoms with Gasteiger partial charge in [0.1, 0.15) is 12.9 Å². The lowest BCUT2D eigenvalue weighted by molar-refractivity contribution is -0.114. The molecule has 2 heterocycles. The number of anilines is 1. The van der Waals surface area contributed by atoms with E-state index in [9.17, 15) is 4.79 Å². The van der Waals surface area contributed by atoms with Crippen LogP contribution < -0.4 is 10.1 Å². The number of amides is 1. The van der Waals surface area contributed by atoms with Gasteiger partial charge in [-0.05, 0) is 35.4 Å². The van der Waals surface area contributed by atoms with Crippen molar-refractivity contribution in [2.45, 2.75) is 6.92 Å². The number of nitrogens with one attached hydrogen (secondary N) is 1. The van der Waals surface area contributed by atoms with Crippen molar-refractivity contribution in [1.82, 2.24) is 14.9 Å². The molecule has 0 saturated carbocycles. The second-order valence-corrected chi connectivity index (χ2v) is 6.97. The number of fused-ring (bicyclic) bond motifs is 1. The Kier molecular flexibility index (Phi) is 5.97. The van der Waals surface area contributed by atoms with Gasteiger partial charge in [0.05, 0.1) is 24.1 Å². The van der Waals surface area contributed by atoms with Gasteiger partial charge in [-0.3, -0.25) is 9.69 Å². The fraction of sp³-hybridized carbons (Fsp3) is 0.318. The molecule has 1 saturated heterocycles. The molecule has 29 heavy (non-hydrogen) atoms. The summed E-state index contributed by atoms with van der Waals surface area (Å²) in [7, 11) is 0. The third-order valence-electron chi connectivity index (χ3n) is 4.89. The lowest BCUT2D eigenvalue weighted by atomic mass is 10.0. The normalized spacial score (nSPS) is 14.7. The van der Waals surface area contributed by atoms with Crippen molar-refractivity contribution < 1.29 is 14.3 Å². The quantitative estimate of drug-likeness (QED) is 0.695. The third kappa shape index (κ3) is 4.88. The van der Waals surface area contributed by atoms with Gasteiger partial charge in [0, 0.05) is 32.2 Å². The standard InChI is InChI=1S/C22H24N4O3/c1-16(27)25-19-5-2-17(3-6-19)18-4-7-21-20(14-18)22(24-15-23-21)29-13-10-26-8-11-28-12-9-26/h2-7,14-15H,8-13H2,1H3,(H,25,27). The van der Waals surface area contributed by atoms with Crippen LogP contribution in [0.4, 0.5) is 5.69 Å². The molecule has 3 aromatic rings. The van der Waals surface area contributed by atoms with Crippen LogP contribution in [0.1, 0.15) is 6.92 Å². The fourth-order valence-corrected chi connectivity index (χ4v) is 3.37. The predicted octanol–water partition coefficient (Wildman–Crippen LogP) is 2.97. The van der Waals surface area contributed by atoms with Crippen LogP contribution in [0.2, 0.25) is 0 Å². The van der Waals surface area contributed by atoms with Gasteiger partial charge in [-0.2, -0.15) is 0 Å². The zero-order valence-electron chi connectivity index (χ0n) is 16.4. The largest absolute Gasteiger partial charge is 0.476 e. The van der Waals surface area contributed by atoms with Crippen molar-refractivity contribution in [3.63, 3.8) is 0 Å². The highest BCUT2D eigenvalue weighted by molar-refractivity contribution is 5.90. The number of carbonyl (C=O) groups excluding carboxylic acids is 1. The minimum Gasteiger partial charge on any atom is -0.476 e. The summed E-state index contributed by atoms with van der Waals surface area (Å²) in [5, 5.41) is 3.67. The number of benzene rings is 2. The van der Waals surface area contributed by atoms with E-state index in [0.717, 1.165) is 60.6 Å². The summed E-state index contributed by atoms with van der Waals surface area (Å²) in [4.78, 5) is 22.2. The first kappa shape index (κ1) is 19.3. The Labute approximate surface area is 169 Å². The third-order valence-corrected chi connectivity index (χ3v) is 4.89. The summed E-state index contributed by atoms with van der Waals surface area (Å²) >= 11 is 0. The van der Waals surface area contributed by atoms with Crippen LogP contribution in [0.3, 0.4) is 0 Å². The lowest BCUT2D eigenvalue weighted by Crippen LogP contribution is -2.38. The molecule has 4 rings (SSSR count). The van der Waals surface area contributed by atoms with E-state index in [1.54, 1.807) is 0 Å². The molecule has 7 heteroatoms. The van der Waals surface area contributed by atoms with Crippen LogP contribution in [-0.4, -0.2) is 60.2 Å². The van der Waals surface area contributed by atoms with Gasteiger partial charge < -0.3 is 14.8 Å². The molecule has 150 valence electrons. The lowest BCUT2D eigenvalue weighted by Gasteiger charge is -2.26. The van der Waals surface area contributed by atoms with Crippen LogP contribution in [0.5, 0.6) is 5.88 Å². The van der Waals surface area contributed by atoms with Crippen molar-refractivity contribution in [1.29, 1.82) is 0 Å². The molecule has 0 atom stereocenters. The van der Waals surface area contributed by atoms with Crippen molar-refractivity contribution in [2.75, 3.05) is 44.8 Å². The Morgan fingerprint density at radius 2 is 1.86 bits per heavy atom. The molecule has 1 amide bonds. The fourth-order valence-electron chi connectivity index (χ4n) is 3.37. The molecule has 1 aliphatic rings. The van der Waals surface area contributed by atoms with E-state index in [4.69, 9.17) is 9.47 Å². The number of ether oxygens (including phenoxy) is 2. The molecular formula is C22H24N4O3. The number of nitrogens with zero attached hydrogens (tertiary/aromatic N) is 3. The van der Waals surface area contributed by atoms with Crippen LogP contribution in [-0.2, 0) is 9.53 Å². The molecular weight excluding hydrogens is 368 g/mol. The van der Waals surface area contributed by atoms with Gasteiger partial charge in [0.2, 0.25) is 11.8 Å². The van der Waals surface area contributed by atoms with Crippen molar-refractivity contribution in [3.8, 4) is 17.0 Å². The van der Waals surface area contributed by atoms with Gasteiger partial charge in [0.15, 0.2) is 0 Å². The Hall–Kier alpha value is -3.03. The van der Waals surface area contributed by atoms with E-state index in [-0.39, 0.29) is 5.91 Å². The molecule has 0 spiro atoms. The number of rotatable bonds is 6. The maximum atomic E-state index is 11.2. The van der Waals surface area contributed by atoms with Gasteiger partial charge in [0.25, 0.3) is 0 Å². The van der Waals surface area contributed by atoms with E-state index in [1.807, 2.05) is 42.5 Å². The first-order valence-corrected chi connectivity index (χ1v) is 9.75. The van der Waals surface area contributed by atoms with E-state index in [0.29, 0.717) is 12.5 Å². The minimum absolute atomic E-state index is 0.0838. The number of morpholine rings is 1. The Morgan fingerprint density at radius 3 is 2.62 bits per heavy atom. The average Bonchev–Trinajstić information content (AvgIpc) is 2.74. The first-order valence-electron chi connectivity index (χ1n) is 9.75. The number of hydrogen-bond donors (Lipinski definition) is 1.